The number of nitrogens with zero attached hydrogens (tertiary/aromatic N) is 1. The van der Waals surface area contributed by atoms with Gasteiger partial charge in [-0.25, -0.2) is 0 Å². The standard InChI is InChI=1S/C14H17F2NO2/c1-17(13(18)11-3-2-4-11)9-10-5-7-12(8-6-10)19-14(15)16/h5-8,11,14H,2-4,9H2,1H3. The van der Waals surface area contributed by atoms with Gasteiger partial charge in [0.2, 0.25) is 5.91 Å². The highest BCUT2D eigenvalue weighted by Crippen LogP contribution is 2.28. The number of ether oxygens (including phenoxy) is 1. The maximum absolute atomic E-state index is 12.0. The predicted octanol–water partition coefficient (Wildman–Crippen LogP) is 3.05. The first-order valence-electron chi connectivity index (χ1n) is 6.35. The molecule has 0 aliphatic heterocycles. The van der Waals surface area contributed by atoms with Crippen molar-refractivity contribution in [3.63, 3.8) is 0 Å². The van der Waals surface area contributed by atoms with Crippen LogP contribution < -0.4 is 4.74 Å². The van der Waals surface area contributed by atoms with E-state index >= 15 is 0 Å². The molecule has 0 aromatic heterocycles. The zero-order valence-corrected chi connectivity index (χ0v) is 10.8. The summed E-state index contributed by atoms with van der Waals surface area (Å²) in [6.07, 6.45) is 3.08. The van der Waals surface area contributed by atoms with Crippen LogP contribution in [-0.4, -0.2) is 24.5 Å². The van der Waals surface area contributed by atoms with Gasteiger partial charge in [0.25, 0.3) is 0 Å². The predicted molar refractivity (Wildman–Crippen MR) is 66.9 cm³/mol. The molecule has 0 spiro atoms. The van der Waals surface area contributed by atoms with Crippen LogP contribution in [0.2, 0.25) is 0 Å². The quantitative estimate of drug-likeness (QED) is 0.822. The van der Waals surface area contributed by atoms with E-state index in [4.69, 9.17) is 0 Å². The van der Waals surface area contributed by atoms with E-state index in [1.54, 1.807) is 24.1 Å². The van der Waals surface area contributed by atoms with Crippen LogP contribution in [0.4, 0.5) is 8.78 Å². The summed E-state index contributed by atoms with van der Waals surface area (Å²) in [7, 11) is 1.77. The Morgan fingerprint density at radius 2 is 2.00 bits per heavy atom. The highest BCUT2D eigenvalue weighted by Gasteiger charge is 2.27. The zero-order chi connectivity index (χ0) is 13.8. The zero-order valence-electron chi connectivity index (χ0n) is 10.8. The average Bonchev–Trinajstić information content (AvgIpc) is 2.28. The fourth-order valence-electron chi connectivity index (χ4n) is 2.09. The SMILES string of the molecule is CN(Cc1ccc(OC(F)F)cc1)C(=O)C1CCC1. The molecule has 19 heavy (non-hydrogen) atoms. The lowest BCUT2D eigenvalue weighted by molar-refractivity contribution is -0.137. The molecule has 0 heterocycles. The minimum atomic E-state index is -2.81. The van der Waals surface area contributed by atoms with Crippen molar-refractivity contribution in [2.24, 2.45) is 5.92 Å². The molecule has 0 N–H and O–H groups in total. The Hall–Kier alpha value is -1.65. The largest absolute Gasteiger partial charge is 0.435 e. The van der Waals surface area contributed by atoms with Crippen molar-refractivity contribution < 1.29 is 18.3 Å². The number of hydrogen-bond donors (Lipinski definition) is 0. The summed E-state index contributed by atoms with van der Waals surface area (Å²) in [5.74, 6) is 0.470. The van der Waals surface area contributed by atoms with Crippen molar-refractivity contribution in [2.45, 2.75) is 32.4 Å². The highest BCUT2D eigenvalue weighted by atomic mass is 19.3. The molecule has 1 saturated carbocycles. The normalized spacial score (nSPS) is 15.2. The summed E-state index contributed by atoms with van der Waals surface area (Å²) in [5, 5.41) is 0. The van der Waals surface area contributed by atoms with Gasteiger partial charge >= 0.3 is 6.61 Å². The molecule has 0 saturated heterocycles. The van der Waals surface area contributed by atoms with Gasteiger partial charge in [0.1, 0.15) is 5.75 Å². The van der Waals surface area contributed by atoms with Gasteiger partial charge in [0, 0.05) is 19.5 Å². The minimum absolute atomic E-state index is 0.131. The van der Waals surface area contributed by atoms with Crippen LogP contribution in [0.15, 0.2) is 24.3 Å². The molecule has 0 radical (unpaired) electrons. The Balaban J connectivity index is 1.89. The first-order valence-corrected chi connectivity index (χ1v) is 6.35. The third kappa shape index (κ3) is 3.66. The molecule has 1 aliphatic rings. The van der Waals surface area contributed by atoms with Crippen LogP contribution in [0.5, 0.6) is 5.75 Å². The monoisotopic (exact) mass is 269 g/mol. The number of benzene rings is 1. The van der Waals surface area contributed by atoms with Gasteiger partial charge in [0.15, 0.2) is 0 Å². The number of alkyl halides is 2. The van der Waals surface area contributed by atoms with Gasteiger partial charge in [-0.2, -0.15) is 8.78 Å². The van der Waals surface area contributed by atoms with E-state index in [2.05, 4.69) is 4.74 Å². The molecule has 3 nitrogen and oxygen atoms in total. The molecule has 1 fully saturated rings. The second kappa shape index (κ2) is 5.99. The minimum Gasteiger partial charge on any atom is -0.435 e. The smallest absolute Gasteiger partial charge is 0.387 e. The molecule has 0 atom stereocenters. The molecule has 104 valence electrons. The van der Waals surface area contributed by atoms with Crippen LogP contribution in [0.25, 0.3) is 0 Å². The van der Waals surface area contributed by atoms with Gasteiger partial charge in [-0.05, 0) is 30.5 Å². The first kappa shape index (κ1) is 13.8. The van der Waals surface area contributed by atoms with Crippen molar-refractivity contribution >= 4 is 5.91 Å². The number of halogens is 2. The molecule has 1 amide bonds. The van der Waals surface area contributed by atoms with E-state index in [9.17, 15) is 13.6 Å². The second-order valence-electron chi connectivity index (χ2n) is 4.84. The lowest BCUT2D eigenvalue weighted by Gasteiger charge is -2.29. The van der Waals surface area contributed by atoms with Crippen molar-refractivity contribution in [3.05, 3.63) is 29.8 Å². The molecule has 1 aromatic rings. The van der Waals surface area contributed by atoms with Crippen LogP contribution in [0.1, 0.15) is 24.8 Å². The molecule has 0 bridgehead atoms. The van der Waals surface area contributed by atoms with Crippen LogP contribution >= 0.6 is 0 Å². The molecule has 5 heteroatoms. The van der Waals surface area contributed by atoms with Crippen molar-refractivity contribution in [2.75, 3.05) is 7.05 Å². The number of carbonyl (C=O) groups excluding carboxylic acids is 1. The lowest BCUT2D eigenvalue weighted by atomic mass is 9.84. The molecular formula is C14H17F2NO2. The maximum atomic E-state index is 12.0. The Labute approximate surface area is 111 Å². The van der Waals surface area contributed by atoms with E-state index < -0.39 is 6.61 Å². The van der Waals surface area contributed by atoms with Crippen LogP contribution in [0.3, 0.4) is 0 Å². The fourth-order valence-corrected chi connectivity index (χ4v) is 2.09. The van der Waals surface area contributed by atoms with Crippen molar-refractivity contribution in [1.82, 2.24) is 4.90 Å². The van der Waals surface area contributed by atoms with Gasteiger partial charge in [-0.15, -0.1) is 0 Å². The van der Waals surface area contributed by atoms with E-state index in [-0.39, 0.29) is 17.6 Å². The van der Waals surface area contributed by atoms with Crippen molar-refractivity contribution in [1.29, 1.82) is 0 Å². The number of carbonyl (C=O) groups is 1. The average molecular weight is 269 g/mol. The third-order valence-electron chi connectivity index (χ3n) is 3.40. The second-order valence-corrected chi connectivity index (χ2v) is 4.84. The summed E-state index contributed by atoms with van der Waals surface area (Å²) in [6.45, 7) is -2.32. The third-order valence-corrected chi connectivity index (χ3v) is 3.40. The fraction of sp³-hybridized carbons (Fsp3) is 0.500. The maximum Gasteiger partial charge on any atom is 0.387 e. The number of amides is 1. The summed E-state index contributed by atoms with van der Waals surface area (Å²) in [4.78, 5) is 13.6. The summed E-state index contributed by atoms with van der Waals surface area (Å²) < 4.78 is 28.3. The van der Waals surface area contributed by atoms with Gasteiger partial charge < -0.3 is 9.64 Å². The van der Waals surface area contributed by atoms with Gasteiger partial charge in [-0.1, -0.05) is 18.6 Å². The van der Waals surface area contributed by atoms with Crippen LogP contribution in [0, 0.1) is 5.92 Å². The van der Waals surface area contributed by atoms with Crippen molar-refractivity contribution in [3.8, 4) is 5.75 Å². The lowest BCUT2D eigenvalue weighted by Crippen LogP contribution is -2.35. The van der Waals surface area contributed by atoms with E-state index in [1.165, 1.54) is 12.1 Å². The summed E-state index contributed by atoms with van der Waals surface area (Å²) >= 11 is 0. The van der Waals surface area contributed by atoms with E-state index in [0.29, 0.717) is 6.54 Å². The molecule has 1 aromatic carbocycles. The topological polar surface area (TPSA) is 29.5 Å². The number of hydrogen-bond acceptors (Lipinski definition) is 2. The Morgan fingerprint density at radius 1 is 1.37 bits per heavy atom. The molecular weight excluding hydrogens is 252 g/mol. The molecule has 1 aliphatic carbocycles. The van der Waals surface area contributed by atoms with E-state index in [1.807, 2.05) is 0 Å². The van der Waals surface area contributed by atoms with Crippen LogP contribution in [-0.2, 0) is 11.3 Å². The molecule has 2 rings (SSSR count). The number of rotatable bonds is 5. The molecule has 0 unspecified atom stereocenters. The highest BCUT2D eigenvalue weighted by molar-refractivity contribution is 5.79. The summed E-state index contributed by atoms with van der Waals surface area (Å²) in [6, 6.07) is 6.37. The van der Waals surface area contributed by atoms with Gasteiger partial charge in [0.05, 0.1) is 0 Å². The first-order chi connectivity index (χ1) is 9.06. The Kier molecular flexibility index (Phi) is 4.35. The van der Waals surface area contributed by atoms with Gasteiger partial charge in [-0.3, -0.25) is 4.79 Å². The Bertz CT molecular complexity index is 430. The Morgan fingerprint density at radius 3 is 2.47 bits per heavy atom. The summed E-state index contributed by atoms with van der Waals surface area (Å²) in [5.41, 5.74) is 0.900. The van der Waals surface area contributed by atoms with E-state index in [0.717, 1.165) is 24.8 Å².